The van der Waals surface area contributed by atoms with Crippen molar-refractivity contribution in [3.63, 3.8) is 0 Å². The van der Waals surface area contributed by atoms with Crippen molar-refractivity contribution in [3.05, 3.63) is 65.7 Å². The minimum atomic E-state index is -3.45. The number of piperidine rings is 1. The van der Waals surface area contributed by atoms with E-state index >= 15 is 0 Å². The summed E-state index contributed by atoms with van der Waals surface area (Å²) in [4.78, 5) is 32.3. The average Bonchev–Trinajstić information content (AvgIpc) is 2.93. The van der Waals surface area contributed by atoms with Crippen LogP contribution in [0.3, 0.4) is 0 Å². The Morgan fingerprint density at radius 1 is 0.833 bits per heavy atom. The van der Waals surface area contributed by atoms with Crippen molar-refractivity contribution in [2.24, 2.45) is 11.3 Å². The summed E-state index contributed by atoms with van der Waals surface area (Å²) in [6, 6.07) is 17.7. The third-order valence-electron chi connectivity index (χ3n) is 9.05. The standard InChI is InChI=1S/C34H49N3O4S/c1-25(38)35-19-17-26(18-20-35)23-31(39)37-22-21-36(24-30(37)33(2,3)4)32(27-11-9-8-10-12-27)28-13-15-29(16-14-28)42(40,41)34(5,6)7/h8-16,26,30,32H,17-24H2,1-7H3. The van der Waals surface area contributed by atoms with Crippen LogP contribution in [-0.4, -0.2) is 78.4 Å². The average molecular weight is 596 g/mol. The smallest absolute Gasteiger partial charge is 0.223 e. The molecule has 4 rings (SSSR count). The predicted molar refractivity (Wildman–Crippen MR) is 168 cm³/mol. The van der Waals surface area contributed by atoms with Crippen molar-refractivity contribution < 1.29 is 18.0 Å². The van der Waals surface area contributed by atoms with Gasteiger partial charge in [0, 0.05) is 52.1 Å². The Hall–Kier alpha value is -2.71. The van der Waals surface area contributed by atoms with Crippen molar-refractivity contribution >= 4 is 21.7 Å². The first-order valence-corrected chi connectivity index (χ1v) is 16.8. The van der Waals surface area contributed by atoms with Gasteiger partial charge in [-0.25, -0.2) is 8.42 Å². The molecule has 2 aromatic carbocycles. The molecule has 0 aromatic heterocycles. The molecule has 230 valence electrons. The fourth-order valence-electron chi connectivity index (χ4n) is 6.33. The summed E-state index contributed by atoms with van der Waals surface area (Å²) in [5, 5.41) is 0. The number of carbonyl (C=O) groups is 2. The summed E-state index contributed by atoms with van der Waals surface area (Å²) in [6.45, 7) is 17.0. The maximum Gasteiger partial charge on any atom is 0.223 e. The van der Waals surface area contributed by atoms with E-state index < -0.39 is 14.6 Å². The molecule has 2 saturated heterocycles. The molecule has 2 fully saturated rings. The molecule has 2 unspecified atom stereocenters. The van der Waals surface area contributed by atoms with Gasteiger partial charge in [0.2, 0.25) is 11.8 Å². The van der Waals surface area contributed by atoms with E-state index in [1.54, 1.807) is 39.8 Å². The molecule has 0 bridgehead atoms. The van der Waals surface area contributed by atoms with Gasteiger partial charge in [-0.05, 0) is 68.2 Å². The van der Waals surface area contributed by atoms with Crippen LogP contribution in [0.25, 0.3) is 0 Å². The Kier molecular flexibility index (Phi) is 9.58. The Labute approximate surface area is 253 Å². The van der Waals surface area contributed by atoms with E-state index in [9.17, 15) is 18.0 Å². The molecule has 2 heterocycles. The molecular formula is C34H49N3O4S. The highest BCUT2D eigenvalue weighted by molar-refractivity contribution is 7.92. The number of amides is 2. The maximum absolute atomic E-state index is 13.7. The summed E-state index contributed by atoms with van der Waals surface area (Å²) < 4.78 is 25.3. The van der Waals surface area contributed by atoms with Gasteiger partial charge in [-0.2, -0.15) is 0 Å². The van der Waals surface area contributed by atoms with Gasteiger partial charge >= 0.3 is 0 Å². The van der Waals surface area contributed by atoms with Crippen LogP contribution in [0.5, 0.6) is 0 Å². The van der Waals surface area contributed by atoms with Crippen LogP contribution in [-0.2, 0) is 19.4 Å². The fourth-order valence-corrected chi connectivity index (χ4v) is 7.53. The predicted octanol–water partition coefficient (Wildman–Crippen LogP) is 5.56. The lowest BCUT2D eigenvalue weighted by Crippen LogP contribution is -2.60. The van der Waals surface area contributed by atoms with Crippen LogP contribution in [0, 0.1) is 11.3 Å². The van der Waals surface area contributed by atoms with E-state index in [0.29, 0.717) is 23.8 Å². The Bertz CT molecular complexity index is 1340. The van der Waals surface area contributed by atoms with Crippen LogP contribution in [0.2, 0.25) is 0 Å². The van der Waals surface area contributed by atoms with E-state index in [2.05, 4.69) is 42.7 Å². The summed E-state index contributed by atoms with van der Waals surface area (Å²) in [6.07, 6.45) is 2.29. The number of piperazine rings is 1. The van der Waals surface area contributed by atoms with E-state index in [4.69, 9.17) is 0 Å². The molecule has 2 aromatic rings. The third-order valence-corrected chi connectivity index (χ3v) is 11.6. The van der Waals surface area contributed by atoms with Gasteiger partial charge in [0.25, 0.3) is 0 Å². The van der Waals surface area contributed by atoms with Crippen LogP contribution < -0.4 is 0 Å². The first kappa shape index (κ1) is 32.2. The van der Waals surface area contributed by atoms with Crippen molar-refractivity contribution in [2.45, 2.75) is 89.5 Å². The Morgan fingerprint density at radius 3 is 1.93 bits per heavy atom. The number of hydrogen-bond donors (Lipinski definition) is 0. The summed E-state index contributed by atoms with van der Waals surface area (Å²) in [5.41, 5.74) is 2.06. The number of carbonyl (C=O) groups excluding carboxylic acids is 2. The number of nitrogens with zero attached hydrogens (tertiary/aromatic N) is 3. The molecule has 0 saturated carbocycles. The number of benzene rings is 2. The second kappa shape index (κ2) is 12.5. The summed E-state index contributed by atoms with van der Waals surface area (Å²) in [7, 11) is -3.45. The zero-order valence-corrected chi connectivity index (χ0v) is 27.3. The molecule has 2 aliphatic heterocycles. The number of sulfone groups is 1. The van der Waals surface area contributed by atoms with Gasteiger partial charge in [-0.3, -0.25) is 14.5 Å². The first-order valence-electron chi connectivity index (χ1n) is 15.3. The normalized spacial score (nSPS) is 20.4. The van der Waals surface area contributed by atoms with Gasteiger partial charge in [0.15, 0.2) is 9.84 Å². The topological polar surface area (TPSA) is 78.0 Å². The molecule has 42 heavy (non-hydrogen) atoms. The number of rotatable bonds is 6. The van der Waals surface area contributed by atoms with Gasteiger partial charge in [-0.1, -0.05) is 63.2 Å². The molecule has 0 aliphatic carbocycles. The van der Waals surface area contributed by atoms with Crippen molar-refractivity contribution in [1.29, 1.82) is 0 Å². The van der Waals surface area contributed by atoms with Gasteiger partial charge in [0.05, 0.1) is 15.7 Å². The number of likely N-dealkylation sites (tertiary alicyclic amines) is 1. The molecule has 2 aliphatic rings. The number of hydrogen-bond acceptors (Lipinski definition) is 5. The van der Waals surface area contributed by atoms with Crippen molar-refractivity contribution in [3.8, 4) is 0 Å². The highest BCUT2D eigenvalue weighted by Crippen LogP contribution is 2.37. The van der Waals surface area contributed by atoms with E-state index in [1.807, 2.05) is 35.2 Å². The van der Waals surface area contributed by atoms with Gasteiger partial charge in [-0.15, -0.1) is 0 Å². The Morgan fingerprint density at radius 2 is 1.40 bits per heavy atom. The van der Waals surface area contributed by atoms with E-state index in [-0.39, 0.29) is 29.3 Å². The minimum Gasteiger partial charge on any atom is -0.343 e. The van der Waals surface area contributed by atoms with Crippen LogP contribution in [0.15, 0.2) is 59.5 Å². The fraction of sp³-hybridized carbons (Fsp3) is 0.588. The second-order valence-corrected chi connectivity index (χ2v) is 16.8. The van der Waals surface area contributed by atoms with Crippen LogP contribution in [0.1, 0.15) is 84.9 Å². The summed E-state index contributed by atoms with van der Waals surface area (Å²) >= 11 is 0. The van der Waals surface area contributed by atoms with E-state index in [1.165, 1.54) is 0 Å². The zero-order valence-electron chi connectivity index (χ0n) is 26.5. The van der Waals surface area contributed by atoms with Gasteiger partial charge < -0.3 is 9.80 Å². The molecular weight excluding hydrogens is 546 g/mol. The highest BCUT2D eigenvalue weighted by atomic mass is 32.2. The molecule has 0 spiro atoms. The van der Waals surface area contributed by atoms with E-state index in [0.717, 1.165) is 50.1 Å². The van der Waals surface area contributed by atoms with Crippen LogP contribution >= 0.6 is 0 Å². The molecule has 2 amide bonds. The molecule has 0 radical (unpaired) electrons. The van der Waals surface area contributed by atoms with Crippen LogP contribution in [0.4, 0.5) is 0 Å². The largest absolute Gasteiger partial charge is 0.343 e. The summed E-state index contributed by atoms with van der Waals surface area (Å²) in [5.74, 6) is 0.637. The minimum absolute atomic E-state index is 0.0304. The lowest BCUT2D eigenvalue weighted by atomic mass is 9.82. The zero-order chi connectivity index (χ0) is 30.9. The molecule has 2 atom stereocenters. The van der Waals surface area contributed by atoms with Gasteiger partial charge in [0.1, 0.15) is 0 Å². The monoisotopic (exact) mass is 595 g/mol. The highest BCUT2D eigenvalue weighted by Gasteiger charge is 2.41. The lowest BCUT2D eigenvalue weighted by Gasteiger charge is -2.50. The molecule has 0 N–H and O–H groups in total. The molecule has 7 nitrogen and oxygen atoms in total. The quantitative estimate of drug-likeness (QED) is 0.437. The molecule has 8 heteroatoms. The maximum atomic E-state index is 13.7. The van der Waals surface area contributed by atoms with Crippen molar-refractivity contribution in [1.82, 2.24) is 14.7 Å². The van der Waals surface area contributed by atoms with Crippen molar-refractivity contribution in [2.75, 3.05) is 32.7 Å². The first-order chi connectivity index (χ1) is 19.6. The lowest BCUT2D eigenvalue weighted by molar-refractivity contribution is -0.141. The third kappa shape index (κ3) is 7.08. The Balaban J connectivity index is 1.57. The second-order valence-electron chi connectivity index (χ2n) is 14.1. The SMILES string of the molecule is CC(=O)N1CCC(CC(=O)N2CCN(C(c3ccccc3)c3ccc(S(=O)(=O)C(C)(C)C)cc3)CC2C(C)(C)C)CC1.